The number of fused-ring (bicyclic) bond motifs is 1. The van der Waals surface area contributed by atoms with Gasteiger partial charge in [-0.2, -0.15) is 0 Å². The normalized spacial score (nSPS) is 13.9. The van der Waals surface area contributed by atoms with Crippen molar-refractivity contribution in [3.63, 3.8) is 0 Å². The maximum Gasteiger partial charge on any atom is 0.258 e. The van der Waals surface area contributed by atoms with Crippen LogP contribution in [0.25, 0.3) is 5.65 Å². The zero-order valence-corrected chi connectivity index (χ0v) is 13.8. The average molecular weight is 287 g/mol. The largest absolute Gasteiger partial charge is 0.297 e. The summed E-state index contributed by atoms with van der Waals surface area (Å²) in [4.78, 5) is 19.0. The van der Waals surface area contributed by atoms with Gasteiger partial charge in [-0.15, -0.1) is 0 Å². The quantitative estimate of drug-likeness (QED) is 0.871. The van der Waals surface area contributed by atoms with Gasteiger partial charge in [0.1, 0.15) is 5.65 Å². The second-order valence-electron chi connectivity index (χ2n) is 6.98. The van der Waals surface area contributed by atoms with Gasteiger partial charge in [0, 0.05) is 24.8 Å². The highest BCUT2D eigenvalue weighted by atomic mass is 16.1. The van der Waals surface area contributed by atoms with Gasteiger partial charge in [-0.25, -0.2) is 4.98 Å². The average Bonchev–Trinajstić information content (AvgIpc) is 2.37. The van der Waals surface area contributed by atoms with E-state index in [-0.39, 0.29) is 11.0 Å². The molecule has 2 aromatic heterocycles. The van der Waals surface area contributed by atoms with E-state index in [0.717, 1.165) is 11.3 Å². The molecule has 0 N–H and O–H groups in total. The van der Waals surface area contributed by atoms with Gasteiger partial charge in [0.05, 0.1) is 5.69 Å². The van der Waals surface area contributed by atoms with Crippen LogP contribution < -0.4 is 5.56 Å². The minimum atomic E-state index is -0.0180. The molecule has 1 atom stereocenters. The van der Waals surface area contributed by atoms with Gasteiger partial charge in [0.2, 0.25) is 0 Å². The van der Waals surface area contributed by atoms with E-state index < -0.39 is 0 Å². The molecule has 2 rings (SSSR count). The molecule has 0 aliphatic carbocycles. The molecule has 0 amide bonds. The maximum absolute atomic E-state index is 12.2. The Morgan fingerprint density at radius 2 is 2.00 bits per heavy atom. The molecule has 4 heteroatoms. The molecule has 0 unspecified atom stereocenters. The van der Waals surface area contributed by atoms with E-state index in [1.54, 1.807) is 10.5 Å². The van der Waals surface area contributed by atoms with Crippen LogP contribution in [0.3, 0.4) is 0 Å². The van der Waals surface area contributed by atoms with Crippen LogP contribution in [0.1, 0.15) is 39.0 Å². The van der Waals surface area contributed by atoms with Crippen molar-refractivity contribution < 1.29 is 0 Å². The summed E-state index contributed by atoms with van der Waals surface area (Å²) in [6, 6.07) is 5.91. The molecule has 0 saturated carbocycles. The standard InChI is InChI=1S/C17H25N3O/c1-12-7-8-15-18-14(9-16(21)20(15)10-12)11-19(6)13(2)17(3,4)5/h7-10,13H,11H2,1-6H3/t13-/m1/s1. The Morgan fingerprint density at radius 1 is 1.33 bits per heavy atom. The van der Waals surface area contributed by atoms with Crippen LogP contribution in [0.15, 0.2) is 29.2 Å². The Kier molecular flexibility index (Phi) is 4.19. The van der Waals surface area contributed by atoms with Crippen molar-refractivity contribution in [2.75, 3.05) is 7.05 Å². The fourth-order valence-corrected chi connectivity index (χ4v) is 2.39. The van der Waals surface area contributed by atoms with Gasteiger partial charge < -0.3 is 0 Å². The predicted molar refractivity (Wildman–Crippen MR) is 86.6 cm³/mol. The molecular formula is C17H25N3O. The van der Waals surface area contributed by atoms with Gasteiger partial charge >= 0.3 is 0 Å². The first-order chi connectivity index (χ1) is 9.68. The third kappa shape index (κ3) is 3.50. The molecule has 114 valence electrons. The van der Waals surface area contributed by atoms with Crippen LogP contribution >= 0.6 is 0 Å². The highest BCUT2D eigenvalue weighted by Crippen LogP contribution is 2.23. The lowest BCUT2D eigenvalue weighted by atomic mass is 9.87. The van der Waals surface area contributed by atoms with Crippen molar-refractivity contribution in [2.24, 2.45) is 5.41 Å². The molecule has 0 fully saturated rings. The molecule has 0 bridgehead atoms. The van der Waals surface area contributed by atoms with E-state index in [4.69, 9.17) is 0 Å². The number of pyridine rings is 1. The van der Waals surface area contributed by atoms with E-state index >= 15 is 0 Å². The first-order valence-corrected chi connectivity index (χ1v) is 7.37. The number of rotatable bonds is 3. The SMILES string of the molecule is Cc1ccc2nc(CN(C)[C@H](C)C(C)(C)C)cc(=O)n2c1. The Labute approximate surface area is 126 Å². The van der Waals surface area contributed by atoms with Crippen LogP contribution in [-0.2, 0) is 6.54 Å². The van der Waals surface area contributed by atoms with E-state index in [2.05, 4.69) is 44.6 Å². The fraction of sp³-hybridized carbons (Fsp3) is 0.529. The summed E-state index contributed by atoms with van der Waals surface area (Å²) in [5, 5.41) is 0. The van der Waals surface area contributed by atoms with Crippen LogP contribution in [0, 0.1) is 12.3 Å². The lowest BCUT2D eigenvalue weighted by Gasteiger charge is -2.35. The molecule has 0 saturated heterocycles. The summed E-state index contributed by atoms with van der Waals surface area (Å²) in [7, 11) is 2.08. The lowest BCUT2D eigenvalue weighted by molar-refractivity contribution is 0.133. The Hall–Kier alpha value is -1.68. The van der Waals surface area contributed by atoms with Crippen molar-refractivity contribution in [3.05, 3.63) is 46.0 Å². The summed E-state index contributed by atoms with van der Waals surface area (Å²) in [6.07, 6.45) is 1.83. The van der Waals surface area contributed by atoms with Gasteiger partial charge in [-0.1, -0.05) is 26.8 Å². The van der Waals surface area contributed by atoms with E-state index in [9.17, 15) is 4.79 Å². The minimum Gasteiger partial charge on any atom is -0.297 e. The first-order valence-electron chi connectivity index (χ1n) is 7.37. The zero-order chi connectivity index (χ0) is 15.8. The number of aryl methyl sites for hydroxylation is 1. The topological polar surface area (TPSA) is 37.6 Å². The van der Waals surface area contributed by atoms with E-state index in [1.165, 1.54) is 0 Å². The van der Waals surface area contributed by atoms with E-state index in [0.29, 0.717) is 18.2 Å². The second-order valence-corrected chi connectivity index (χ2v) is 6.98. The maximum atomic E-state index is 12.2. The summed E-state index contributed by atoms with van der Waals surface area (Å²) >= 11 is 0. The summed E-state index contributed by atoms with van der Waals surface area (Å²) < 4.78 is 1.60. The van der Waals surface area contributed by atoms with Crippen LogP contribution in [0.4, 0.5) is 0 Å². The van der Waals surface area contributed by atoms with Crippen molar-refractivity contribution >= 4 is 5.65 Å². The Bertz CT molecular complexity index is 697. The molecule has 0 spiro atoms. The van der Waals surface area contributed by atoms with Crippen molar-refractivity contribution in [1.82, 2.24) is 14.3 Å². The van der Waals surface area contributed by atoms with Crippen LogP contribution in [-0.4, -0.2) is 27.4 Å². The van der Waals surface area contributed by atoms with Crippen LogP contribution in [0.5, 0.6) is 0 Å². The van der Waals surface area contributed by atoms with Gasteiger partial charge in [-0.3, -0.25) is 14.1 Å². The van der Waals surface area contributed by atoms with E-state index in [1.807, 2.05) is 25.3 Å². The molecule has 4 nitrogen and oxygen atoms in total. The third-order valence-corrected chi connectivity index (χ3v) is 4.19. The van der Waals surface area contributed by atoms with Gasteiger partial charge in [-0.05, 0) is 37.9 Å². The predicted octanol–water partition coefficient (Wildman–Crippen LogP) is 2.87. The monoisotopic (exact) mass is 287 g/mol. The first kappa shape index (κ1) is 15.7. The molecule has 2 heterocycles. The highest BCUT2D eigenvalue weighted by molar-refractivity contribution is 5.39. The second kappa shape index (κ2) is 5.60. The third-order valence-electron chi connectivity index (χ3n) is 4.19. The molecule has 2 aromatic rings. The van der Waals surface area contributed by atoms with Crippen LogP contribution in [0.2, 0.25) is 0 Å². The number of hydrogen-bond donors (Lipinski definition) is 0. The molecule has 0 aromatic carbocycles. The van der Waals surface area contributed by atoms with Gasteiger partial charge in [0.15, 0.2) is 0 Å². The molecule has 0 aliphatic rings. The summed E-state index contributed by atoms with van der Waals surface area (Å²) in [6.45, 7) is 11.5. The highest BCUT2D eigenvalue weighted by Gasteiger charge is 2.24. The molecular weight excluding hydrogens is 262 g/mol. The summed E-state index contributed by atoms with van der Waals surface area (Å²) in [5.74, 6) is 0. The number of nitrogens with zero attached hydrogens (tertiary/aromatic N) is 3. The number of aromatic nitrogens is 2. The fourth-order valence-electron chi connectivity index (χ4n) is 2.39. The zero-order valence-electron chi connectivity index (χ0n) is 13.8. The van der Waals surface area contributed by atoms with Crippen molar-refractivity contribution in [1.29, 1.82) is 0 Å². The van der Waals surface area contributed by atoms with Crippen molar-refractivity contribution in [2.45, 2.75) is 47.2 Å². The Balaban J connectivity index is 2.32. The van der Waals surface area contributed by atoms with Crippen molar-refractivity contribution in [3.8, 4) is 0 Å². The molecule has 0 aliphatic heterocycles. The lowest BCUT2D eigenvalue weighted by Crippen LogP contribution is -2.39. The smallest absolute Gasteiger partial charge is 0.258 e. The Morgan fingerprint density at radius 3 is 2.62 bits per heavy atom. The molecule has 21 heavy (non-hydrogen) atoms. The number of hydrogen-bond acceptors (Lipinski definition) is 3. The summed E-state index contributed by atoms with van der Waals surface area (Å²) in [5.41, 5.74) is 2.76. The minimum absolute atomic E-state index is 0.0180. The molecule has 0 radical (unpaired) electrons. The van der Waals surface area contributed by atoms with Gasteiger partial charge in [0.25, 0.3) is 5.56 Å².